The molecule has 1 amide bonds. The molecule has 0 radical (unpaired) electrons. The quantitative estimate of drug-likeness (QED) is 0.517. The fourth-order valence-electron chi connectivity index (χ4n) is 2.11. The van der Waals surface area contributed by atoms with Gasteiger partial charge in [-0.1, -0.05) is 13.8 Å². The normalized spacial score (nSPS) is 10.5. The standard InChI is InChI=1S/C18H19BrN2O5/c1-11(2)10-26-16-7-4-12(8-14(16)19)18(22)20-15-6-5-13(21(23)24)9-17(15)25-3/h4-9,11H,10H2,1-3H3,(H,20,22). The highest BCUT2D eigenvalue weighted by atomic mass is 79.9. The first-order valence-electron chi connectivity index (χ1n) is 7.88. The Morgan fingerprint density at radius 1 is 1.23 bits per heavy atom. The predicted octanol–water partition coefficient (Wildman–Crippen LogP) is 4.65. The van der Waals surface area contributed by atoms with Crippen molar-refractivity contribution in [1.82, 2.24) is 0 Å². The molecule has 0 aromatic heterocycles. The lowest BCUT2D eigenvalue weighted by molar-refractivity contribution is -0.384. The number of halogens is 1. The molecule has 138 valence electrons. The van der Waals surface area contributed by atoms with Gasteiger partial charge in [-0.05, 0) is 46.1 Å². The van der Waals surface area contributed by atoms with Crippen molar-refractivity contribution in [3.8, 4) is 11.5 Å². The first kappa shape index (κ1) is 19.7. The molecule has 0 fully saturated rings. The summed E-state index contributed by atoms with van der Waals surface area (Å²) in [6.07, 6.45) is 0. The molecule has 0 saturated heterocycles. The van der Waals surface area contributed by atoms with Crippen LogP contribution in [-0.4, -0.2) is 24.5 Å². The third-order valence-electron chi connectivity index (χ3n) is 3.41. The van der Waals surface area contributed by atoms with Crippen LogP contribution in [0.4, 0.5) is 11.4 Å². The minimum atomic E-state index is -0.527. The van der Waals surface area contributed by atoms with Crippen LogP contribution in [0.25, 0.3) is 0 Å². The molecule has 0 atom stereocenters. The molecule has 0 aliphatic carbocycles. The summed E-state index contributed by atoms with van der Waals surface area (Å²) in [7, 11) is 1.38. The highest BCUT2D eigenvalue weighted by Crippen LogP contribution is 2.30. The average Bonchev–Trinajstić information content (AvgIpc) is 2.60. The average molecular weight is 423 g/mol. The van der Waals surface area contributed by atoms with Crippen LogP contribution >= 0.6 is 15.9 Å². The SMILES string of the molecule is COc1cc([N+](=O)[O-])ccc1NC(=O)c1ccc(OCC(C)C)c(Br)c1. The molecule has 2 aromatic carbocycles. The number of nitro benzene ring substituents is 1. The van der Waals surface area contributed by atoms with Crippen molar-refractivity contribution in [2.45, 2.75) is 13.8 Å². The third-order valence-corrected chi connectivity index (χ3v) is 4.03. The Kier molecular flexibility index (Phi) is 6.57. The highest BCUT2D eigenvalue weighted by molar-refractivity contribution is 9.10. The lowest BCUT2D eigenvalue weighted by Crippen LogP contribution is -2.13. The number of methoxy groups -OCH3 is 1. The molecular weight excluding hydrogens is 404 g/mol. The summed E-state index contributed by atoms with van der Waals surface area (Å²) in [5.74, 6) is 0.888. The van der Waals surface area contributed by atoms with Gasteiger partial charge in [-0.25, -0.2) is 0 Å². The van der Waals surface area contributed by atoms with Gasteiger partial charge in [0.25, 0.3) is 11.6 Å². The summed E-state index contributed by atoms with van der Waals surface area (Å²) < 4.78 is 11.5. The first-order chi connectivity index (χ1) is 12.3. The van der Waals surface area contributed by atoms with E-state index in [1.54, 1.807) is 18.2 Å². The Hall–Kier alpha value is -2.61. The number of hydrogen-bond acceptors (Lipinski definition) is 5. The summed E-state index contributed by atoms with van der Waals surface area (Å²) in [5.41, 5.74) is 0.641. The van der Waals surface area contributed by atoms with Gasteiger partial charge in [0.2, 0.25) is 0 Å². The molecule has 0 saturated carbocycles. The fourth-order valence-corrected chi connectivity index (χ4v) is 2.60. The molecule has 2 aromatic rings. The number of non-ortho nitro benzene ring substituents is 1. The zero-order chi connectivity index (χ0) is 19.3. The number of nitrogens with one attached hydrogen (secondary N) is 1. The fraction of sp³-hybridized carbons (Fsp3) is 0.278. The summed E-state index contributed by atoms with van der Waals surface area (Å²) in [6, 6.07) is 9.01. The minimum absolute atomic E-state index is 0.116. The van der Waals surface area contributed by atoms with Crippen molar-refractivity contribution in [2.24, 2.45) is 5.92 Å². The molecule has 26 heavy (non-hydrogen) atoms. The molecule has 7 nitrogen and oxygen atoms in total. The molecule has 2 rings (SSSR count). The van der Waals surface area contributed by atoms with Crippen molar-refractivity contribution in [3.63, 3.8) is 0 Å². The monoisotopic (exact) mass is 422 g/mol. The van der Waals surface area contributed by atoms with Crippen molar-refractivity contribution in [3.05, 3.63) is 56.5 Å². The molecule has 1 N–H and O–H groups in total. The van der Waals surface area contributed by atoms with E-state index in [1.807, 2.05) is 13.8 Å². The topological polar surface area (TPSA) is 90.7 Å². The molecule has 0 aliphatic heterocycles. The van der Waals surface area contributed by atoms with Crippen molar-refractivity contribution < 1.29 is 19.2 Å². The van der Waals surface area contributed by atoms with Gasteiger partial charge in [-0.2, -0.15) is 0 Å². The van der Waals surface area contributed by atoms with Crippen LogP contribution in [0.5, 0.6) is 11.5 Å². The second kappa shape index (κ2) is 8.66. The van der Waals surface area contributed by atoms with Crippen LogP contribution in [0.2, 0.25) is 0 Å². The zero-order valence-corrected chi connectivity index (χ0v) is 16.2. The summed E-state index contributed by atoms with van der Waals surface area (Å²) >= 11 is 3.40. The van der Waals surface area contributed by atoms with Gasteiger partial charge in [-0.3, -0.25) is 14.9 Å². The van der Waals surface area contributed by atoms with Crippen LogP contribution in [0.15, 0.2) is 40.9 Å². The van der Waals surface area contributed by atoms with Gasteiger partial charge in [-0.15, -0.1) is 0 Å². The van der Waals surface area contributed by atoms with E-state index in [0.717, 1.165) is 0 Å². The number of ether oxygens (including phenoxy) is 2. The number of hydrogen-bond donors (Lipinski definition) is 1. The molecule has 0 unspecified atom stereocenters. The maximum atomic E-state index is 12.5. The van der Waals surface area contributed by atoms with Gasteiger partial charge < -0.3 is 14.8 Å². The second-order valence-corrected chi connectivity index (χ2v) is 6.80. The van der Waals surface area contributed by atoms with Gasteiger partial charge in [0, 0.05) is 11.6 Å². The highest BCUT2D eigenvalue weighted by Gasteiger charge is 2.15. The van der Waals surface area contributed by atoms with E-state index in [0.29, 0.717) is 34.0 Å². The van der Waals surface area contributed by atoms with Crippen molar-refractivity contribution >= 4 is 33.2 Å². The largest absolute Gasteiger partial charge is 0.494 e. The smallest absolute Gasteiger partial charge is 0.273 e. The Morgan fingerprint density at radius 3 is 2.54 bits per heavy atom. The van der Waals surface area contributed by atoms with E-state index < -0.39 is 4.92 Å². The maximum absolute atomic E-state index is 12.5. The number of anilines is 1. The van der Waals surface area contributed by atoms with Gasteiger partial charge in [0.05, 0.1) is 34.9 Å². The molecule has 8 heteroatoms. The van der Waals surface area contributed by atoms with E-state index >= 15 is 0 Å². The molecule has 0 heterocycles. The first-order valence-corrected chi connectivity index (χ1v) is 8.67. The van der Waals surface area contributed by atoms with Crippen molar-refractivity contribution in [2.75, 3.05) is 19.0 Å². The van der Waals surface area contributed by atoms with E-state index in [4.69, 9.17) is 9.47 Å². The summed E-state index contributed by atoms with van der Waals surface area (Å²) in [6.45, 7) is 4.67. The van der Waals surface area contributed by atoms with E-state index in [2.05, 4.69) is 21.2 Å². The van der Waals surface area contributed by atoms with Crippen LogP contribution in [0, 0.1) is 16.0 Å². The maximum Gasteiger partial charge on any atom is 0.273 e. The number of benzene rings is 2. The number of carbonyl (C=O) groups excluding carboxylic acids is 1. The second-order valence-electron chi connectivity index (χ2n) is 5.95. The minimum Gasteiger partial charge on any atom is -0.494 e. The Labute approximate surface area is 159 Å². The lowest BCUT2D eigenvalue weighted by Gasteiger charge is -2.12. The van der Waals surface area contributed by atoms with Crippen LogP contribution < -0.4 is 14.8 Å². The number of nitrogens with zero attached hydrogens (tertiary/aromatic N) is 1. The lowest BCUT2D eigenvalue weighted by atomic mass is 10.2. The summed E-state index contributed by atoms with van der Waals surface area (Å²) in [5, 5.41) is 13.5. The van der Waals surface area contributed by atoms with Crippen LogP contribution in [-0.2, 0) is 0 Å². The third kappa shape index (κ3) is 4.95. The number of nitro groups is 1. The van der Waals surface area contributed by atoms with E-state index in [-0.39, 0.29) is 17.3 Å². The molecule has 0 aliphatic rings. The number of amides is 1. The van der Waals surface area contributed by atoms with Gasteiger partial charge in [0.1, 0.15) is 11.5 Å². The van der Waals surface area contributed by atoms with Crippen molar-refractivity contribution in [1.29, 1.82) is 0 Å². The van der Waals surface area contributed by atoms with Crippen LogP contribution in [0.3, 0.4) is 0 Å². The van der Waals surface area contributed by atoms with Gasteiger partial charge in [0.15, 0.2) is 0 Å². The molecule has 0 spiro atoms. The summed E-state index contributed by atoms with van der Waals surface area (Å²) in [4.78, 5) is 22.8. The number of rotatable bonds is 7. The Balaban J connectivity index is 2.17. The molecular formula is C18H19BrN2O5. The predicted molar refractivity (Wildman–Crippen MR) is 102 cm³/mol. The Bertz CT molecular complexity index is 823. The number of carbonyl (C=O) groups is 1. The van der Waals surface area contributed by atoms with E-state index in [1.165, 1.54) is 25.3 Å². The van der Waals surface area contributed by atoms with E-state index in [9.17, 15) is 14.9 Å². The molecule has 0 bridgehead atoms. The zero-order valence-electron chi connectivity index (χ0n) is 14.6. The van der Waals surface area contributed by atoms with Crippen LogP contribution in [0.1, 0.15) is 24.2 Å². The Morgan fingerprint density at radius 2 is 1.96 bits per heavy atom. The van der Waals surface area contributed by atoms with Gasteiger partial charge >= 0.3 is 0 Å².